The van der Waals surface area contributed by atoms with Crippen molar-refractivity contribution in [2.24, 2.45) is 5.73 Å². The summed E-state index contributed by atoms with van der Waals surface area (Å²) in [4.78, 5) is 0. The van der Waals surface area contributed by atoms with Crippen LogP contribution in [0.2, 0.25) is 0 Å². The van der Waals surface area contributed by atoms with Crippen molar-refractivity contribution in [2.75, 3.05) is 0 Å². The molecule has 0 bridgehead atoms. The summed E-state index contributed by atoms with van der Waals surface area (Å²) in [5.41, 5.74) is 4.88. The first-order chi connectivity index (χ1) is 4.63. The van der Waals surface area contributed by atoms with Crippen molar-refractivity contribution in [3.8, 4) is 0 Å². The fourth-order valence-corrected chi connectivity index (χ4v) is 1.04. The highest BCUT2D eigenvalue weighted by Gasteiger charge is 2.32. The van der Waals surface area contributed by atoms with Crippen LogP contribution in [0.5, 0.6) is 0 Å². The molecule has 0 amide bonds. The molecule has 0 fully saturated rings. The fourth-order valence-electron chi connectivity index (χ4n) is 1.04. The molecule has 10 heavy (non-hydrogen) atoms. The number of allylic oxidation sites excluding steroid dienone is 2. The Morgan fingerprint density at radius 1 is 1.40 bits per heavy atom. The Bertz CT molecular complexity index is 152. The van der Waals surface area contributed by atoms with Crippen molar-refractivity contribution in [3.05, 3.63) is 11.8 Å². The second-order valence-corrected chi connectivity index (χ2v) is 2.61. The maximum atomic E-state index is 12.7. The van der Waals surface area contributed by atoms with Crippen molar-refractivity contribution >= 4 is 0 Å². The lowest BCUT2D eigenvalue weighted by Gasteiger charge is -2.13. The van der Waals surface area contributed by atoms with Gasteiger partial charge in [0.05, 0.1) is 5.70 Å². The van der Waals surface area contributed by atoms with E-state index in [1.807, 2.05) is 0 Å². The second kappa shape index (κ2) is 2.56. The van der Waals surface area contributed by atoms with Crippen molar-refractivity contribution < 1.29 is 8.78 Å². The Morgan fingerprint density at radius 2 is 2.10 bits per heavy atom. The van der Waals surface area contributed by atoms with E-state index in [9.17, 15) is 8.78 Å². The van der Waals surface area contributed by atoms with E-state index in [2.05, 4.69) is 0 Å². The van der Waals surface area contributed by atoms with Gasteiger partial charge in [-0.05, 0) is 19.3 Å². The molecule has 0 atom stereocenters. The minimum atomic E-state index is -2.74. The minimum absolute atomic E-state index is 0.0880. The Labute approximate surface area is 58.9 Å². The number of rotatable bonds is 0. The lowest BCUT2D eigenvalue weighted by molar-refractivity contribution is 0.0304. The van der Waals surface area contributed by atoms with E-state index in [-0.39, 0.29) is 12.1 Å². The summed E-state index contributed by atoms with van der Waals surface area (Å²) in [5, 5.41) is 0. The lowest BCUT2D eigenvalue weighted by Crippen LogP contribution is -2.23. The summed E-state index contributed by atoms with van der Waals surface area (Å²) in [6.07, 6.45) is 3.45. The molecule has 1 aliphatic carbocycles. The van der Waals surface area contributed by atoms with E-state index in [1.165, 1.54) is 6.08 Å². The lowest BCUT2D eigenvalue weighted by atomic mass is 10.1. The molecule has 0 aromatic rings. The van der Waals surface area contributed by atoms with Crippen LogP contribution < -0.4 is 5.73 Å². The predicted molar refractivity (Wildman–Crippen MR) is 35.7 cm³/mol. The molecule has 1 nitrogen and oxygen atoms in total. The zero-order chi connectivity index (χ0) is 7.61. The van der Waals surface area contributed by atoms with Gasteiger partial charge in [0, 0.05) is 6.42 Å². The van der Waals surface area contributed by atoms with Gasteiger partial charge >= 0.3 is 0 Å². The maximum Gasteiger partial charge on any atom is 0.286 e. The highest BCUT2D eigenvalue weighted by Crippen LogP contribution is 2.30. The fraction of sp³-hybridized carbons (Fsp3) is 0.714. The van der Waals surface area contributed by atoms with Crippen LogP contribution in [-0.4, -0.2) is 5.92 Å². The first-order valence-electron chi connectivity index (χ1n) is 3.47. The molecule has 0 saturated carbocycles. The van der Waals surface area contributed by atoms with E-state index in [4.69, 9.17) is 5.73 Å². The van der Waals surface area contributed by atoms with Crippen molar-refractivity contribution in [3.63, 3.8) is 0 Å². The summed E-state index contributed by atoms with van der Waals surface area (Å²) in [6, 6.07) is 0. The number of halogens is 2. The predicted octanol–water partition coefficient (Wildman–Crippen LogP) is 2.04. The Hall–Kier alpha value is -0.600. The first kappa shape index (κ1) is 7.51. The van der Waals surface area contributed by atoms with Crippen LogP contribution >= 0.6 is 0 Å². The third-order valence-corrected chi connectivity index (χ3v) is 1.73. The van der Waals surface area contributed by atoms with Gasteiger partial charge in [-0.3, -0.25) is 0 Å². The summed E-state index contributed by atoms with van der Waals surface area (Å²) in [5.74, 6) is -2.74. The van der Waals surface area contributed by atoms with Crippen LogP contribution in [0.25, 0.3) is 0 Å². The average molecular weight is 147 g/mol. The zero-order valence-corrected chi connectivity index (χ0v) is 5.74. The molecule has 0 aromatic carbocycles. The Morgan fingerprint density at radius 3 is 2.80 bits per heavy atom. The van der Waals surface area contributed by atoms with Crippen LogP contribution in [0.4, 0.5) is 8.78 Å². The SMILES string of the molecule is NC1=CCCCCC1(F)F. The minimum Gasteiger partial charge on any atom is -0.397 e. The molecule has 3 heteroatoms. The molecular weight excluding hydrogens is 136 g/mol. The summed E-state index contributed by atoms with van der Waals surface area (Å²) in [7, 11) is 0. The van der Waals surface area contributed by atoms with Gasteiger partial charge in [0.25, 0.3) is 5.92 Å². The largest absolute Gasteiger partial charge is 0.397 e. The number of alkyl halides is 2. The third kappa shape index (κ3) is 1.46. The summed E-state index contributed by atoms with van der Waals surface area (Å²) >= 11 is 0. The topological polar surface area (TPSA) is 26.0 Å². The molecule has 0 aliphatic heterocycles. The molecule has 58 valence electrons. The van der Waals surface area contributed by atoms with E-state index in [1.54, 1.807) is 0 Å². The van der Waals surface area contributed by atoms with Gasteiger partial charge in [-0.15, -0.1) is 0 Å². The molecule has 2 N–H and O–H groups in total. The third-order valence-electron chi connectivity index (χ3n) is 1.73. The Kier molecular flexibility index (Phi) is 1.92. The molecule has 0 unspecified atom stereocenters. The van der Waals surface area contributed by atoms with E-state index < -0.39 is 5.92 Å². The van der Waals surface area contributed by atoms with E-state index in [0.29, 0.717) is 12.8 Å². The molecule has 1 rings (SSSR count). The van der Waals surface area contributed by atoms with Gasteiger partial charge < -0.3 is 5.73 Å². The molecule has 0 aromatic heterocycles. The van der Waals surface area contributed by atoms with Crippen molar-refractivity contribution in [1.82, 2.24) is 0 Å². The standard InChI is InChI=1S/C7H11F2N/c8-7(9)5-3-1-2-4-6(7)10/h4H,1-3,5,10H2. The number of nitrogens with two attached hydrogens (primary N) is 1. The molecular formula is C7H11F2N. The maximum absolute atomic E-state index is 12.7. The highest BCUT2D eigenvalue weighted by molar-refractivity contribution is 5.09. The second-order valence-electron chi connectivity index (χ2n) is 2.61. The normalized spacial score (nSPS) is 25.2. The van der Waals surface area contributed by atoms with Gasteiger partial charge in [-0.2, -0.15) is 8.78 Å². The number of hydrogen-bond donors (Lipinski definition) is 1. The quantitative estimate of drug-likeness (QED) is 0.557. The van der Waals surface area contributed by atoms with Gasteiger partial charge in [0.2, 0.25) is 0 Å². The molecule has 0 saturated heterocycles. The van der Waals surface area contributed by atoms with Gasteiger partial charge in [-0.25, -0.2) is 0 Å². The van der Waals surface area contributed by atoms with Gasteiger partial charge in [0.1, 0.15) is 0 Å². The average Bonchev–Trinajstić information content (AvgIpc) is 1.96. The summed E-state index contributed by atoms with van der Waals surface area (Å²) in [6.45, 7) is 0. The first-order valence-corrected chi connectivity index (χ1v) is 3.47. The van der Waals surface area contributed by atoms with Crippen LogP contribution in [0.1, 0.15) is 25.7 Å². The highest BCUT2D eigenvalue weighted by atomic mass is 19.3. The van der Waals surface area contributed by atoms with Crippen molar-refractivity contribution in [2.45, 2.75) is 31.6 Å². The van der Waals surface area contributed by atoms with E-state index >= 15 is 0 Å². The monoisotopic (exact) mass is 147 g/mol. The Balaban J connectivity index is 2.70. The zero-order valence-electron chi connectivity index (χ0n) is 5.74. The smallest absolute Gasteiger partial charge is 0.286 e. The van der Waals surface area contributed by atoms with Crippen LogP contribution in [-0.2, 0) is 0 Å². The van der Waals surface area contributed by atoms with Gasteiger partial charge in [-0.1, -0.05) is 6.08 Å². The van der Waals surface area contributed by atoms with Crippen LogP contribution in [0, 0.1) is 0 Å². The number of hydrogen-bond acceptors (Lipinski definition) is 1. The summed E-state index contributed by atoms with van der Waals surface area (Å²) < 4.78 is 25.3. The molecule has 1 aliphatic rings. The molecule has 0 heterocycles. The van der Waals surface area contributed by atoms with Crippen LogP contribution in [0.3, 0.4) is 0 Å². The van der Waals surface area contributed by atoms with Crippen molar-refractivity contribution in [1.29, 1.82) is 0 Å². The molecule has 0 spiro atoms. The van der Waals surface area contributed by atoms with Crippen LogP contribution in [0.15, 0.2) is 11.8 Å². The molecule has 0 radical (unpaired) electrons. The van der Waals surface area contributed by atoms with E-state index in [0.717, 1.165) is 6.42 Å². The van der Waals surface area contributed by atoms with Gasteiger partial charge in [0.15, 0.2) is 0 Å².